The molecule has 0 radical (unpaired) electrons. The van der Waals surface area contributed by atoms with Crippen LogP contribution in [-0.4, -0.2) is 0 Å². The summed E-state index contributed by atoms with van der Waals surface area (Å²) < 4.78 is 0. The maximum absolute atomic E-state index is 3.86. The summed E-state index contributed by atoms with van der Waals surface area (Å²) in [5, 5.41) is 0. The van der Waals surface area contributed by atoms with Crippen LogP contribution in [0.5, 0.6) is 0 Å². The largest absolute Gasteiger partial charge is 0.0961 e. The van der Waals surface area contributed by atoms with Crippen LogP contribution in [0.15, 0.2) is 72.4 Å². The number of rotatable bonds is 5. The third-order valence-electron chi connectivity index (χ3n) is 1.59. The molecule has 0 N–H and O–H groups in total. The summed E-state index contributed by atoms with van der Waals surface area (Å²) in [5.74, 6) is 0. The molecule has 0 spiro atoms. The van der Waals surface area contributed by atoms with E-state index < -0.39 is 0 Å². The summed E-state index contributed by atoms with van der Waals surface area (Å²) in [4.78, 5) is 0. The lowest BCUT2D eigenvalue weighted by Gasteiger charge is -1.93. The quantitative estimate of drug-likeness (QED) is 0.562. The molecule has 0 fully saturated rings. The fourth-order valence-corrected chi connectivity index (χ4v) is 1.03. The fourth-order valence-electron chi connectivity index (χ4n) is 1.03. The van der Waals surface area contributed by atoms with Gasteiger partial charge in [0, 0.05) is 0 Å². The maximum atomic E-state index is 3.86. The first-order valence-corrected chi connectivity index (χ1v) is 5.16. The Morgan fingerprint density at radius 1 is 0.867 bits per heavy atom. The summed E-state index contributed by atoms with van der Waals surface area (Å²) in [6.45, 7) is 9.86. The molecule has 0 aliphatic heterocycles. The van der Waals surface area contributed by atoms with Gasteiger partial charge in [-0.15, -0.1) is 0 Å². The van der Waals surface area contributed by atoms with E-state index in [2.05, 4.69) is 24.8 Å². The maximum Gasteiger partial charge on any atom is -0.0258 e. The van der Waals surface area contributed by atoms with Crippen LogP contribution < -0.4 is 0 Å². The Labute approximate surface area is 93.7 Å². The molecular weight excluding hydrogens is 180 g/mol. The predicted octanol–water partition coefficient (Wildman–Crippen LogP) is 4.75. The van der Waals surface area contributed by atoms with E-state index in [0.29, 0.717) is 0 Å². The Morgan fingerprint density at radius 3 is 2.07 bits per heavy atom. The summed E-state index contributed by atoms with van der Waals surface area (Å²) in [5.41, 5.74) is 2.22. The third-order valence-corrected chi connectivity index (χ3v) is 1.59. The van der Waals surface area contributed by atoms with Gasteiger partial charge < -0.3 is 0 Å². The van der Waals surface area contributed by atoms with E-state index in [4.69, 9.17) is 0 Å². The molecule has 0 aliphatic carbocycles. The molecule has 0 heterocycles. The molecular formula is C15H20. The second-order valence-corrected chi connectivity index (χ2v) is 3.26. The van der Waals surface area contributed by atoms with Crippen LogP contribution in [0.1, 0.15) is 20.8 Å². The summed E-state index contributed by atoms with van der Waals surface area (Å²) in [6, 6.07) is 0. The molecule has 0 rings (SSSR count). The lowest BCUT2D eigenvalue weighted by molar-refractivity contribution is 1.51. The van der Waals surface area contributed by atoms with E-state index in [-0.39, 0.29) is 0 Å². The molecule has 0 aliphatic rings. The SMILES string of the molecule is C=C(C)/C=C(\C=C/C)/C=C/C=C\C=C/C. The van der Waals surface area contributed by atoms with Crippen molar-refractivity contribution in [1.82, 2.24) is 0 Å². The zero-order chi connectivity index (χ0) is 11.5. The average Bonchev–Trinajstić information content (AvgIpc) is 2.17. The van der Waals surface area contributed by atoms with Crippen molar-refractivity contribution < 1.29 is 0 Å². The minimum absolute atomic E-state index is 1.06. The second kappa shape index (κ2) is 9.01. The zero-order valence-corrected chi connectivity index (χ0v) is 9.90. The van der Waals surface area contributed by atoms with Crippen LogP contribution in [0.4, 0.5) is 0 Å². The summed E-state index contributed by atoms with van der Waals surface area (Å²) in [6.07, 6.45) is 18.2. The van der Waals surface area contributed by atoms with Crippen molar-refractivity contribution in [2.24, 2.45) is 0 Å². The van der Waals surface area contributed by atoms with Gasteiger partial charge in [0.25, 0.3) is 0 Å². The van der Waals surface area contributed by atoms with Gasteiger partial charge in [0.2, 0.25) is 0 Å². The van der Waals surface area contributed by atoms with Gasteiger partial charge in [0.1, 0.15) is 0 Å². The monoisotopic (exact) mass is 200 g/mol. The molecule has 0 nitrogen and oxygen atoms in total. The minimum Gasteiger partial charge on any atom is -0.0961 e. The summed E-state index contributed by atoms with van der Waals surface area (Å²) >= 11 is 0. The van der Waals surface area contributed by atoms with Crippen molar-refractivity contribution in [3.63, 3.8) is 0 Å². The van der Waals surface area contributed by atoms with Crippen molar-refractivity contribution >= 4 is 0 Å². The zero-order valence-electron chi connectivity index (χ0n) is 9.90. The smallest absolute Gasteiger partial charge is 0.0258 e. The van der Waals surface area contributed by atoms with Crippen LogP contribution in [0.2, 0.25) is 0 Å². The third kappa shape index (κ3) is 8.76. The van der Waals surface area contributed by atoms with E-state index in [0.717, 1.165) is 11.1 Å². The Morgan fingerprint density at radius 2 is 1.53 bits per heavy atom. The highest BCUT2D eigenvalue weighted by atomic mass is 13.9. The molecule has 0 heteroatoms. The fraction of sp³-hybridized carbons (Fsp3) is 0.200. The second-order valence-electron chi connectivity index (χ2n) is 3.26. The van der Waals surface area contributed by atoms with Crippen molar-refractivity contribution in [3.8, 4) is 0 Å². The van der Waals surface area contributed by atoms with Crippen molar-refractivity contribution in [2.45, 2.75) is 20.8 Å². The molecule has 0 amide bonds. The number of allylic oxidation sites excluding steroid dienone is 11. The van der Waals surface area contributed by atoms with Gasteiger partial charge in [-0.25, -0.2) is 0 Å². The van der Waals surface area contributed by atoms with Gasteiger partial charge >= 0.3 is 0 Å². The highest BCUT2D eigenvalue weighted by molar-refractivity contribution is 5.37. The standard InChI is InChI=1S/C15H20/c1-5-7-8-9-10-12-15(11-6-2)13-14(3)4/h5-13H,3H2,1-2,4H3/b7-5-,9-8-,11-6-,12-10+,15-13+. The van der Waals surface area contributed by atoms with E-state index in [1.165, 1.54) is 0 Å². The molecule has 0 atom stereocenters. The van der Waals surface area contributed by atoms with Gasteiger partial charge in [-0.1, -0.05) is 66.8 Å². The topological polar surface area (TPSA) is 0 Å². The Kier molecular flexibility index (Phi) is 8.08. The molecule has 0 unspecified atom stereocenters. The first-order chi connectivity index (χ1) is 7.20. The molecule has 0 aromatic carbocycles. The Balaban J connectivity index is 4.48. The van der Waals surface area contributed by atoms with Crippen LogP contribution in [0, 0.1) is 0 Å². The first-order valence-electron chi connectivity index (χ1n) is 5.16. The van der Waals surface area contributed by atoms with Crippen LogP contribution >= 0.6 is 0 Å². The Hall–Kier alpha value is -1.56. The van der Waals surface area contributed by atoms with E-state index in [1.807, 2.05) is 57.2 Å². The highest BCUT2D eigenvalue weighted by Gasteiger charge is 1.83. The van der Waals surface area contributed by atoms with Crippen molar-refractivity contribution in [2.75, 3.05) is 0 Å². The molecule has 80 valence electrons. The van der Waals surface area contributed by atoms with E-state index in [1.54, 1.807) is 0 Å². The predicted molar refractivity (Wildman–Crippen MR) is 70.8 cm³/mol. The first kappa shape index (κ1) is 13.4. The molecule has 0 saturated heterocycles. The van der Waals surface area contributed by atoms with Gasteiger partial charge in [0.05, 0.1) is 0 Å². The molecule has 0 bridgehead atoms. The highest BCUT2D eigenvalue weighted by Crippen LogP contribution is 2.04. The van der Waals surface area contributed by atoms with E-state index in [9.17, 15) is 0 Å². The van der Waals surface area contributed by atoms with Gasteiger partial charge in [-0.2, -0.15) is 0 Å². The number of hydrogen-bond donors (Lipinski definition) is 0. The van der Waals surface area contributed by atoms with Gasteiger partial charge in [-0.3, -0.25) is 0 Å². The average molecular weight is 200 g/mol. The lowest BCUT2D eigenvalue weighted by atomic mass is 10.1. The Bertz CT molecular complexity index is 320. The van der Waals surface area contributed by atoms with E-state index >= 15 is 0 Å². The normalized spacial score (nSPS) is 13.9. The number of hydrogen-bond acceptors (Lipinski definition) is 0. The molecule has 0 aromatic rings. The van der Waals surface area contributed by atoms with Crippen LogP contribution in [0.3, 0.4) is 0 Å². The van der Waals surface area contributed by atoms with Crippen LogP contribution in [-0.2, 0) is 0 Å². The minimum atomic E-state index is 1.06. The lowest BCUT2D eigenvalue weighted by Crippen LogP contribution is -1.72. The molecule has 0 saturated carbocycles. The van der Waals surface area contributed by atoms with Gasteiger partial charge in [0.15, 0.2) is 0 Å². The summed E-state index contributed by atoms with van der Waals surface area (Å²) in [7, 11) is 0. The molecule has 0 aromatic heterocycles. The van der Waals surface area contributed by atoms with Crippen molar-refractivity contribution in [3.05, 3.63) is 72.4 Å². The van der Waals surface area contributed by atoms with Crippen molar-refractivity contribution in [1.29, 1.82) is 0 Å². The van der Waals surface area contributed by atoms with Gasteiger partial charge in [-0.05, 0) is 26.3 Å². The van der Waals surface area contributed by atoms with Crippen LogP contribution in [0.25, 0.3) is 0 Å². The molecule has 15 heavy (non-hydrogen) atoms.